The van der Waals surface area contributed by atoms with Crippen LogP contribution in [0.1, 0.15) is 52.3 Å². The quantitative estimate of drug-likeness (QED) is 0.516. The van der Waals surface area contributed by atoms with Crippen molar-refractivity contribution in [3.63, 3.8) is 0 Å². The highest BCUT2D eigenvalue weighted by atomic mass is 19.4. The lowest BCUT2D eigenvalue weighted by Crippen LogP contribution is -2.49. The SMILES string of the molecule is CCc1ccc(C2CCc3nc(C(=O)N4CCN(c5cccc(C(F)(F)F)c5)CC4)cn3C2)cc1. The van der Waals surface area contributed by atoms with Gasteiger partial charge in [0.15, 0.2) is 0 Å². The third-order valence-corrected chi connectivity index (χ3v) is 7.18. The van der Waals surface area contributed by atoms with Crippen molar-refractivity contribution in [2.24, 2.45) is 0 Å². The summed E-state index contributed by atoms with van der Waals surface area (Å²) in [5.41, 5.74) is 2.97. The van der Waals surface area contributed by atoms with Crippen LogP contribution in [0, 0.1) is 0 Å². The number of aromatic nitrogens is 2. The Labute approximate surface area is 203 Å². The molecule has 1 amide bonds. The number of imidazole rings is 1. The van der Waals surface area contributed by atoms with E-state index in [1.165, 1.54) is 23.3 Å². The molecule has 0 spiro atoms. The first-order valence-electron chi connectivity index (χ1n) is 12.2. The van der Waals surface area contributed by atoms with Gasteiger partial charge in [-0.05, 0) is 42.2 Å². The highest BCUT2D eigenvalue weighted by Crippen LogP contribution is 2.32. The number of alkyl halides is 3. The third kappa shape index (κ3) is 4.92. The Bertz CT molecular complexity index is 1190. The van der Waals surface area contributed by atoms with Crippen molar-refractivity contribution >= 4 is 11.6 Å². The fourth-order valence-electron chi connectivity index (χ4n) is 5.05. The van der Waals surface area contributed by atoms with E-state index in [9.17, 15) is 18.0 Å². The number of aryl methyl sites for hydroxylation is 2. The first kappa shape index (κ1) is 23.5. The van der Waals surface area contributed by atoms with Gasteiger partial charge in [0.05, 0.1) is 5.56 Å². The number of benzene rings is 2. The summed E-state index contributed by atoms with van der Waals surface area (Å²) in [6.45, 7) is 4.82. The Kier molecular flexibility index (Phi) is 6.30. The molecule has 3 heterocycles. The fraction of sp³-hybridized carbons (Fsp3) is 0.407. The molecule has 8 heteroatoms. The van der Waals surface area contributed by atoms with E-state index in [1.807, 2.05) is 11.1 Å². The van der Waals surface area contributed by atoms with E-state index >= 15 is 0 Å². The smallest absolute Gasteiger partial charge is 0.368 e. The number of fused-ring (bicyclic) bond motifs is 1. The zero-order valence-corrected chi connectivity index (χ0v) is 19.8. The van der Waals surface area contributed by atoms with Gasteiger partial charge in [-0.3, -0.25) is 4.79 Å². The zero-order chi connectivity index (χ0) is 24.6. The molecule has 1 unspecified atom stereocenters. The second-order valence-electron chi connectivity index (χ2n) is 9.35. The molecule has 35 heavy (non-hydrogen) atoms. The summed E-state index contributed by atoms with van der Waals surface area (Å²) in [6.07, 6.45) is 0.355. The maximum absolute atomic E-state index is 13.2. The standard InChI is InChI=1S/C27H29F3N4O/c1-2-19-6-8-20(9-7-19)21-10-11-25-31-24(18-34(25)17-21)26(35)33-14-12-32(13-15-33)23-5-3-4-22(16-23)27(28,29)30/h3-9,16,18,21H,2,10-15,17H2,1H3. The summed E-state index contributed by atoms with van der Waals surface area (Å²) < 4.78 is 41.3. The Morgan fingerprint density at radius 3 is 2.49 bits per heavy atom. The lowest BCUT2D eigenvalue weighted by atomic mass is 9.91. The van der Waals surface area contributed by atoms with Crippen molar-refractivity contribution in [3.05, 3.63) is 82.9 Å². The number of anilines is 1. The van der Waals surface area contributed by atoms with Crippen LogP contribution >= 0.6 is 0 Å². The number of piperazine rings is 1. The molecular formula is C27H29F3N4O. The summed E-state index contributed by atoms with van der Waals surface area (Å²) in [5.74, 6) is 1.23. The van der Waals surface area contributed by atoms with Gasteiger partial charge in [0.1, 0.15) is 11.5 Å². The number of halogens is 3. The summed E-state index contributed by atoms with van der Waals surface area (Å²) in [7, 11) is 0. The number of nitrogens with zero attached hydrogens (tertiary/aromatic N) is 4. The van der Waals surface area contributed by atoms with Crippen molar-refractivity contribution < 1.29 is 18.0 Å². The summed E-state index contributed by atoms with van der Waals surface area (Å²) in [6, 6.07) is 14.2. The minimum Gasteiger partial charge on any atom is -0.368 e. The summed E-state index contributed by atoms with van der Waals surface area (Å²) in [4.78, 5) is 21.4. The van der Waals surface area contributed by atoms with Gasteiger partial charge in [0.2, 0.25) is 0 Å². The first-order chi connectivity index (χ1) is 16.8. The Hall–Kier alpha value is -3.29. The molecule has 0 bridgehead atoms. The van der Waals surface area contributed by atoms with Gasteiger partial charge in [-0.1, -0.05) is 37.3 Å². The van der Waals surface area contributed by atoms with Gasteiger partial charge in [0.25, 0.3) is 5.91 Å². The van der Waals surface area contributed by atoms with Gasteiger partial charge in [0, 0.05) is 56.9 Å². The van der Waals surface area contributed by atoms with Crippen LogP contribution in [0.3, 0.4) is 0 Å². The number of amides is 1. The average Bonchev–Trinajstić information content (AvgIpc) is 3.31. The molecule has 5 nitrogen and oxygen atoms in total. The summed E-state index contributed by atoms with van der Waals surface area (Å²) in [5, 5.41) is 0. The first-order valence-corrected chi connectivity index (χ1v) is 12.2. The molecule has 0 N–H and O–H groups in total. The van der Waals surface area contributed by atoms with E-state index in [-0.39, 0.29) is 5.91 Å². The number of hydrogen-bond acceptors (Lipinski definition) is 3. The molecule has 184 valence electrons. The molecule has 1 atom stereocenters. The van der Waals surface area contributed by atoms with Crippen molar-refractivity contribution in [1.82, 2.24) is 14.5 Å². The molecule has 3 aromatic rings. The number of hydrogen-bond donors (Lipinski definition) is 0. The minimum atomic E-state index is -4.37. The van der Waals surface area contributed by atoms with Crippen molar-refractivity contribution in [2.75, 3.05) is 31.1 Å². The third-order valence-electron chi connectivity index (χ3n) is 7.18. The number of carbonyl (C=O) groups excluding carboxylic acids is 1. The normalized spacial score (nSPS) is 18.5. The Balaban J connectivity index is 1.22. The van der Waals surface area contributed by atoms with Crippen LogP contribution in [0.2, 0.25) is 0 Å². The molecule has 2 aromatic carbocycles. The fourth-order valence-corrected chi connectivity index (χ4v) is 5.05. The zero-order valence-electron chi connectivity index (χ0n) is 19.8. The van der Waals surface area contributed by atoms with Crippen LogP contribution in [0.25, 0.3) is 0 Å². The van der Waals surface area contributed by atoms with Gasteiger partial charge in [-0.15, -0.1) is 0 Å². The number of rotatable bonds is 4. The van der Waals surface area contributed by atoms with E-state index in [0.29, 0.717) is 43.5 Å². The maximum Gasteiger partial charge on any atom is 0.416 e. The molecule has 1 fully saturated rings. The molecule has 0 aliphatic carbocycles. The van der Waals surface area contributed by atoms with Gasteiger partial charge < -0.3 is 14.4 Å². The van der Waals surface area contributed by atoms with Crippen LogP contribution in [0.4, 0.5) is 18.9 Å². The van der Waals surface area contributed by atoms with Crippen LogP contribution in [0.5, 0.6) is 0 Å². The van der Waals surface area contributed by atoms with E-state index in [0.717, 1.165) is 37.7 Å². The monoisotopic (exact) mass is 482 g/mol. The topological polar surface area (TPSA) is 41.4 Å². The van der Waals surface area contributed by atoms with E-state index in [4.69, 9.17) is 0 Å². The summed E-state index contributed by atoms with van der Waals surface area (Å²) >= 11 is 0. The largest absolute Gasteiger partial charge is 0.416 e. The van der Waals surface area contributed by atoms with Crippen LogP contribution in [-0.2, 0) is 25.6 Å². The minimum absolute atomic E-state index is 0.112. The van der Waals surface area contributed by atoms with Gasteiger partial charge in [-0.2, -0.15) is 13.2 Å². The van der Waals surface area contributed by atoms with Crippen molar-refractivity contribution in [3.8, 4) is 0 Å². The van der Waals surface area contributed by atoms with Crippen LogP contribution < -0.4 is 4.90 Å². The molecule has 5 rings (SSSR count). The second kappa shape index (κ2) is 9.40. The maximum atomic E-state index is 13.2. The van der Waals surface area contributed by atoms with E-state index < -0.39 is 11.7 Å². The molecular weight excluding hydrogens is 453 g/mol. The van der Waals surface area contributed by atoms with Crippen LogP contribution in [0.15, 0.2) is 54.7 Å². The highest BCUT2D eigenvalue weighted by Gasteiger charge is 2.32. The lowest BCUT2D eigenvalue weighted by Gasteiger charge is -2.36. The molecule has 2 aliphatic rings. The molecule has 1 saturated heterocycles. The van der Waals surface area contributed by atoms with Crippen molar-refractivity contribution in [2.45, 2.75) is 44.8 Å². The lowest BCUT2D eigenvalue weighted by molar-refractivity contribution is -0.137. The predicted octanol–water partition coefficient (Wildman–Crippen LogP) is 5.16. The van der Waals surface area contributed by atoms with Gasteiger partial charge >= 0.3 is 6.18 Å². The van der Waals surface area contributed by atoms with E-state index in [1.54, 1.807) is 11.0 Å². The molecule has 0 radical (unpaired) electrons. The Morgan fingerprint density at radius 1 is 1.06 bits per heavy atom. The average molecular weight is 483 g/mol. The number of carbonyl (C=O) groups is 1. The molecule has 2 aliphatic heterocycles. The molecule has 0 saturated carbocycles. The highest BCUT2D eigenvalue weighted by molar-refractivity contribution is 5.92. The van der Waals surface area contributed by atoms with Gasteiger partial charge in [-0.25, -0.2) is 4.98 Å². The second-order valence-corrected chi connectivity index (χ2v) is 9.35. The Morgan fingerprint density at radius 2 is 1.80 bits per heavy atom. The molecule has 1 aromatic heterocycles. The van der Waals surface area contributed by atoms with Crippen LogP contribution in [-0.4, -0.2) is 46.5 Å². The van der Waals surface area contributed by atoms with E-state index in [2.05, 4.69) is 40.7 Å². The predicted molar refractivity (Wildman–Crippen MR) is 129 cm³/mol. The van der Waals surface area contributed by atoms with Crippen molar-refractivity contribution in [1.29, 1.82) is 0 Å².